The van der Waals surface area contributed by atoms with Gasteiger partial charge in [0.2, 0.25) is 5.91 Å². The molecule has 0 fully saturated rings. The summed E-state index contributed by atoms with van der Waals surface area (Å²) in [4.78, 5) is 14.5. The molecule has 128 valence electrons. The van der Waals surface area contributed by atoms with E-state index in [0.717, 1.165) is 35.6 Å². The highest BCUT2D eigenvalue weighted by Crippen LogP contribution is 2.20. The summed E-state index contributed by atoms with van der Waals surface area (Å²) in [6.45, 7) is 10.5. The van der Waals surface area contributed by atoms with Gasteiger partial charge in [0.15, 0.2) is 0 Å². The first-order chi connectivity index (χ1) is 11.5. The minimum absolute atomic E-state index is 0.0415. The Morgan fingerprint density at radius 2 is 1.54 bits per heavy atom. The van der Waals surface area contributed by atoms with Gasteiger partial charge in [-0.1, -0.05) is 18.2 Å². The minimum Gasteiger partial charge on any atom is -0.376 e. The predicted octanol–water partition coefficient (Wildman–Crippen LogP) is 4.20. The zero-order chi connectivity index (χ0) is 17.5. The number of nitrogens with zero attached hydrogens (tertiary/aromatic N) is 1. The van der Waals surface area contributed by atoms with E-state index >= 15 is 0 Å². The lowest BCUT2D eigenvalue weighted by Crippen LogP contribution is -2.23. The minimum atomic E-state index is -0.0415. The number of anilines is 3. The zero-order valence-corrected chi connectivity index (χ0v) is 15.0. The third-order valence-corrected chi connectivity index (χ3v) is 4.19. The molecule has 1 amide bonds. The predicted molar refractivity (Wildman–Crippen MR) is 103 cm³/mol. The van der Waals surface area contributed by atoms with Gasteiger partial charge in [-0.05, 0) is 63.1 Å². The molecule has 2 aromatic rings. The number of carbonyl (C=O) groups excluding carboxylic acids is 1. The number of hydrogen-bond donors (Lipinski definition) is 2. The van der Waals surface area contributed by atoms with Crippen molar-refractivity contribution in [1.29, 1.82) is 0 Å². The highest BCUT2D eigenvalue weighted by molar-refractivity contribution is 5.95. The van der Waals surface area contributed by atoms with E-state index in [1.807, 2.05) is 44.2 Å². The van der Waals surface area contributed by atoms with Crippen molar-refractivity contribution in [1.82, 2.24) is 0 Å². The molecule has 0 saturated heterocycles. The van der Waals surface area contributed by atoms with E-state index in [1.54, 1.807) is 0 Å². The van der Waals surface area contributed by atoms with Gasteiger partial charge in [0.25, 0.3) is 0 Å². The molecule has 4 nitrogen and oxygen atoms in total. The Hall–Kier alpha value is -2.49. The van der Waals surface area contributed by atoms with Crippen LogP contribution in [0.4, 0.5) is 17.1 Å². The molecule has 0 saturated carbocycles. The average molecular weight is 325 g/mol. The Labute approximate surface area is 144 Å². The number of rotatable bonds is 7. The summed E-state index contributed by atoms with van der Waals surface area (Å²) < 4.78 is 0. The van der Waals surface area contributed by atoms with E-state index in [9.17, 15) is 4.79 Å². The molecule has 0 aliphatic rings. The van der Waals surface area contributed by atoms with Crippen molar-refractivity contribution in [3.63, 3.8) is 0 Å². The van der Waals surface area contributed by atoms with Gasteiger partial charge in [-0.25, -0.2) is 0 Å². The maximum Gasteiger partial charge on any atom is 0.243 e. The number of amides is 1. The molecule has 0 aliphatic heterocycles. The third kappa shape index (κ3) is 4.51. The van der Waals surface area contributed by atoms with Gasteiger partial charge in [-0.2, -0.15) is 0 Å². The quantitative estimate of drug-likeness (QED) is 0.802. The van der Waals surface area contributed by atoms with Crippen LogP contribution in [0.25, 0.3) is 0 Å². The average Bonchev–Trinajstić information content (AvgIpc) is 2.59. The van der Waals surface area contributed by atoms with Crippen LogP contribution < -0.4 is 15.5 Å². The van der Waals surface area contributed by atoms with E-state index in [-0.39, 0.29) is 12.5 Å². The van der Waals surface area contributed by atoms with E-state index in [2.05, 4.69) is 41.5 Å². The Bertz CT molecular complexity index is 656. The lowest BCUT2D eigenvalue weighted by molar-refractivity contribution is -0.114. The van der Waals surface area contributed by atoms with Crippen molar-refractivity contribution in [2.24, 2.45) is 0 Å². The summed E-state index contributed by atoms with van der Waals surface area (Å²) in [7, 11) is 0. The second-order valence-electron chi connectivity index (χ2n) is 5.89. The van der Waals surface area contributed by atoms with Gasteiger partial charge in [-0.15, -0.1) is 0 Å². The molecule has 0 heterocycles. The number of aryl methyl sites for hydroxylation is 2. The number of hydrogen-bond acceptors (Lipinski definition) is 3. The number of para-hydroxylation sites is 1. The van der Waals surface area contributed by atoms with Crippen LogP contribution in [0, 0.1) is 13.8 Å². The molecule has 4 heteroatoms. The van der Waals surface area contributed by atoms with E-state index in [0.29, 0.717) is 0 Å². The van der Waals surface area contributed by atoms with Gasteiger partial charge in [0.1, 0.15) is 0 Å². The standard InChI is InChI=1S/C20H27N3O/c1-5-23(6-2)18-12-10-17(11-13-18)21-14-19(24)22-20-15(3)8-7-9-16(20)4/h7-13,21H,5-6,14H2,1-4H3,(H,22,24). The van der Waals surface area contributed by atoms with E-state index < -0.39 is 0 Å². The van der Waals surface area contributed by atoms with Gasteiger partial charge < -0.3 is 15.5 Å². The largest absolute Gasteiger partial charge is 0.376 e. The maximum atomic E-state index is 12.2. The van der Waals surface area contributed by atoms with Crippen LogP contribution in [0.3, 0.4) is 0 Å². The Morgan fingerprint density at radius 1 is 0.958 bits per heavy atom. The molecule has 24 heavy (non-hydrogen) atoms. The summed E-state index contributed by atoms with van der Waals surface area (Å²) >= 11 is 0. The molecule has 0 aromatic heterocycles. The Balaban J connectivity index is 1.92. The van der Waals surface area contributed by atoms with Gasteiger partial charge in [0, 0.05) is 30.2 Å². The smallest absolute Gasteiger partial charge is 0.243 e. The molecular formula is C20H27N3O. The van der Waals surface area contributed by atoms with Crippen LogP contribution in [0.15, 0.2) is 42.5 Å². The number of carbonyl (C=O) groups is 1. The summed E-state index contributed by atoms with van der Waals surface area (Å²) in [5.74, 6) is -0.0415. The summed E-state index contributed by atoms with van der Waals surface area (Å²) in [6.07, 6.45) is 0. The van der Waals surface area contributed by atoms with Crippen LogP contribution in [-0.2, 0) is 4.79 Å². The second kappa shape index (κ2) is 8.39. The molecule has 0 aliphatic carbocycles. The highest BCUT2D eigenvalue weighted by Gasteiger charge is 2.07. The Kier molecular flexibility index (Phi) is 6.24. The summed E-state index contributed by atoms with van der Waals surface area (Å²) in [6, 6.07) is 14.2. The Morgan fingerprint density at radius 3 is 2.08 bits per heavy atom. The normalized spacial score (nSPS) is 10.3. The lowest BCUT2D eigenvalue weighted by atomic mass is 10.1. The lowest BCUT2D eigenvalue weighted by Gasteiger charge is -2.21. The molecule has 2 rings (SSSR count). The molecule has 2 aromatic carbocycles. The van der Waals surface area contributed by atoms with Crippen molar-refractivity contribution >= 4 is 23.0 Å². The van der Waals surface area contributed by atoms with Gasteiger partial charge in [-0.3, -0.25) is 4.79 Å². The van der Waals surface area contributed by atoms with Crippen LogP contribution in [-0.4, -0.2) is 25.5 Å². The molecule has 0 radical (unpaired) electrons. The molecule has 0 spiro atoms. The fraction of sp³-hybridized carbons (Fsp3) is 0.350. The van der Waals surface area contributed by atoms with Gasteiger partial charge >= 0.3 is 0 Å². The van der Waals surface area contributed by atoms with Gasteiger partial charge in [0.05, 0.1) is 6.54 Å². The third-order valence-electron chi connectivity index (χ3n) is 4.19. The molecule has 0 bridgehead atoms. The topological polar surface area (TPSA) is 44.4 Å². The van der Waals surface area contributed by atoms with Crippen LogP contribution >= 0.6 is 0 Å². The SMILES string of the molecule is CCN(CC)c1ccc(NCC(=O)Nc2c(C)cccc2C)cc1. The van der Waals surface area contributed by atoms with Crippen LogP contribution in [0.2, 0.25) is 0 Å². The highest BCUT2D eigenvalue weighted by atomic mass is 16.1. The molecular weight excluding hydrogens is 298 g/mol. The first-order valence-electron chi connectivity index (χ1n) is 8.50. The zero-order valence-electron chi connectivity index (χ0n) is 15.0. The van der Waals surface area contributed by atoms with Crippen LogP contribution in [0.1, 0.15) is 25.0 Å². The van der Waals surface area contributed by atoms with Crippen molar-refractivity contribution < 1.29 is 4.79 Å². The summed E-state index contributed by atoms with van der Waals surface area (Å²) in [5, 5.41) is 6.16. The van der Waals surface area contributed by atoms with Crippen LogP contribution in [0.5, 0.6) is 0 Å². The fourth-order valence-electron chi connectivity index (χ4n) is 2.76. The molecule has 0 atom stereocenters. The molecule has 2 N–H and O–H groups in total. The summed E-state index contributed by atoms with van der Waals surface area (Å²) in [5.41, 5.74) is 5.20. The fourth-order valence-corrected chi connectivity index (χ4v) is 2.76. The van der Waals surface area contributed by atoms with Crippen molar-refractivity contribution in [3.8, 4) is 0 Å². The first-order valence-corrected chi connectivity index (χ1v) is 8.50. The monoisotopic (exact) mass is 325 g/mol. The first kappa shape index (κ1) is 17.9. The second-order valence-corrected chi connectivity index (χ2v) is 5.89. The number of nitrogens with one attached hydrogen (secondary N) is 2. The molecule has 0 unspecified atom stereocenters. The van der Waals surface area contributed by atoms with Crippen molar-refractivity contribution in [2.75, 3.05) is 35.2 Å². The van der Waals surface area contributed by atoms with Crippen molar-refractivity contribution in [3.05, 3.63) is 53.6 Å². The van der Waals surface area contributed by atoms with Crippen molar-refractivity contribution in [2.45, 2.75) is 27.7 Å². The van der Waals surface area contributed by atoms with E-state index in [1.165, 1.54) is 5.69 Å². The maximum absolute atomic E-state index is 12.2. The number of benzene rings is 2. The van der Waals surface area contributed by atoms with E-state index in [4.69, 9.17) is 0 Å².